The topological polar surface area (TPSA) is 21.3 Å². The van der Waals surface area contributed by atoms with Crippen molar-refractivity contribution in [3.8, 4) is 0 Å². The van der Waals surface area contributed by atoms with Crippen molar-refractivity contribution in [2.45, 2.75) is 77.7 Å². The average Bonchev–Trinajstić information content (AvgIpc) is 2.99. The van der Waals surface area contributed by atoms with Gasteiger partial charge >= 0.3 is 0 Å². The van der Waals surface area contributed by atoms with Gasteiger partial charge < -0.3 is 10.1 Å². The molecule has 2 heteroatoms. The molecule has 0 amide bonds. The first-order chi connectivity index (χ1) is 9.83. The van der Waals surface area contributed by atoms with Crippen molar-refractivity contribution in [3.05, 3.63) is 0 Å². The lowest BCUT2D eigenvalue weighted by atomic mass is 9.71. The van der Waals surface area contributed by atoms with Gasteiger partial charge in [0.2, 0.25) is 0 Å². The highest BCUT2D eigenvalue weighted by molar-refractivity contribution is 4.81. The molecule has 0 bridgehead atoms. The monoisotopic (exact) mass is 281 g/mol. The zero-order valence-electron chi connectivity index (χ0n) is 13.7. The molecule has 2 nitrogen and oxygen atoms in total. The lowest BCUT2D eigenvalue weighted by Gasteiger charge is -2.36. The molecule has 0 aromatic heterocycles. The average molecular weight is 281 g/mol. The Bertz CT molecular complexity index is 250. The third kappa shape index (κ3) is 5.04. The summed E-state index contributed by atoms with van der Waals surface area (Å²) in [6.45, 7) is 7.98. The van der Waals surface area contributed by atoms with Crippen LogP contribution in [0.15, 0.2) is 0 Å². The number of nitrogens with one attached hydrogen (secondary N) is 1. The summed E-state index contributed by atoms with van der Waals surface area (Å²) in [6, 6.07) is 0. The Morgan fingerprint density at radius 3 is 2.65 bits per heavy atom. The van der Waals surface area contributed by atoms with Gasteiger partial charge in [0.25, 0.3) is 0 Å². The normalized spacial score (nSPS) is 34.5. The molecule has 2 fully saturated rings. The molecule has 2 aliphatic rings. The van der Waals surface area contributed by atoms with E-state index in [0.717, 1.165) is 30.9 Å². The van der Waals surface area contributed by atoms with E-state index >= 15 is 0 Å². The van der Waals surface area contributed by atoms with Crippen LogP contribution in [0.2, 0.25) is 0 Å². The third-order valence-electron chi connectivity index (χ3n) is 5.61. The largest absolute Gasteiger partial charge is 0.378 e. The van der Waals surface area contributed by atoms with Crippen LogP contribution >= 0.6 is 0 Å². The maximum atomic E-state index is 5.76. The molecule has 1 aliphatic heterocycles. The summed E-state index contributed by atoms with van der Waals surface area (Å²) in [5, 5.41) is 3.59. The Kier molecular flexibility index (Phi) is 7.37. The Hall–Kier alpha value is -0.0800. The smallest absolute Gasteiger partial charge is 0.0576 e. The van der Waals surface area contributed by atoms with Gasteiger partial charge in [0, 0.05) is 6.61 Å². The Morgan fingerprint density at radius 2 is 1.95 bits per heavy atom. The molecule has 1 saturated heterocycles. The fraction of sp³-hybridized carbons (Fsp3) is 1.00. The second-order valence-electron chi connectivity index (χ2n) is 6.98. The van der Waals surface area contributed by atoms with Gasteiger partial charge in [0.1, 0.15) is 0 Å². The molecule has 4 atom stereocenters. The van der Waals surface area contributed by atoms with E-state index in [4.69, 9.17) is 4.74 Å². The zero-order chi connectivity index (χ0) is 14.2. The summed E-state index contributed by atoms with van der Waals surface area (Å²) < 4.78 is 5.76. The highest BCUT2D eigenvalue weighted by atomic mass is 16.5. The van der Waals surface area contributed by atoms with Crippen molar-refractivity contribution < 1.29 is 4.74 Å². The molecule has 0 radical (unpaired) electrons. The minimum absolute atomic E-state index is 0.591. The summed E-state index contributed by atoms with van der Waals surface area (Å²) in [7, 11) is 0. The second-order valence-corrected chi connectivity index (χ2v) is 6.98. The van der Waals surface area contributed by atoms with Crippen molar-refractivity contribution in [1.82, 2.24) is 5.32 Å². The molecule has 118 valence electrons. The fourth-order valence-electron chi connectivity index (χ4n) is 4.23. The van der Waals surface area contributed by atoms with Gasteiger partial charge in [-0.25, -0.2) is 0 Å². The molecule has 1 saturated carbocycles. The van der Waals surface area contributed by atoms with Crippen LogP contribution in [0.3, 0.4) is 0 Å². The molecule has 2 rings (SSSR count). The first-order valence-electron chi connectivity index (χ1n) is 9.15. The molecule has 20 heavy (non-hydrogen) atoms. The maximum absolute atomic E-state index is 5.76. The van der Waals surface area contributed by atoms with Gasteiger partial charge in [-0.1, -0.05) is 39.5 Å². The van der Waals surface area contributed by atoms with E-state index in [-0.39, 0.29) is 0 Å². The highest BCUT2D eigenvalue weighted by Gasteiger charge is 2.29. The van der Waals surface area contributed by atoms with Crippen molar-refractivity contribution in [2.24, 2.45) is 17.8 Å². The van der Waals surface area contributed by atoms with Crippen molar-refractivity contribution in [2.75, 3.05) is 19.7 Å². The predicted octanol–water partition coefficient (Wildman–Crippen LogP) is 4.39. The summed E-state index contributed by atoms with van der Waals surface area (Å²) in [6.07, 6.45) is 13.1. The van der Waals surface area contributed by atoms with Crippen molar-refractivity contribution in [3.63, 3.8) is 0 Å². The zero-order valence-corrected chi connectivity index (χ0v) is 13.7. The van der Waals surface area contributed by atoms with Gasteiger partial charge in [-0.2, -0.15) is 0 Å². The van der Waals surface area contributed by atoms with Gasteiger partial charge in [-0.05, 0) is 62.9 Å². The standard InChI is InChI=1S/C18H35NO/c1-3-15-10-11-17(14-19-4-2)16(13-15)7-5-8-18-9-6-12-20-18/h15-19H,3-14H2,1-2H3. The van der Waals surface area contributed by atoms with Crippen LogP contribution in [-0.2, 0) is 4.74 Å². The number of hydrogen-bond donors (Lipinski definition) is 1. The number of ether oxygens (including phenoxy) is 1. The van der Waals surface area contributed by atoms with Gasteiger partial charge in [0.05, 0.1) is 6.10 Å². The highest BCUT2D eigenvalue weighted by Crippen LogP contribution is 2.38. The minimum atomic E-state index is 0.591. The summed E-state index contributed by atoms with van der Waals surface area (Å²) in [5.41, 5.74) is 0. The van der Waals surface area contributed by atoms with E-state index in [9.17, 15) is 0 Å². The molecule has 0 aromatic rings. The molecule has 1 N–H and O–H groups in total. The third-order valence-corrected chi connectivity index (χ3v) is 5.61. The predicted molar refractivity (Wildman–Crippen MR) is 86.0 cm³/mol. The molecular formula is C18H35NO. The van der Waals surface area contributed by atoms with Crippen molar-refractivity contribution >= 4 is 0 Å². The lowest BCUT2D eigenvalue weighted by molar-refractivity contribution is 0.0954. The molecule has 0 spiro atoms. The molecule has 0 aromatic carbocycles. The van der Waals surface area contributed by atoms with E-state index in [1.165, 1.54) is 64.3 Å². The summed E-state index contributed by atoms with van der Waals surface area (Å²) >= 11 is 0. The van der Waals surface area contributed by atoms with E-state index in [0.29, 0.717) is 6.10 Å². The van der Waals surface area contributed by atoms with Crippen molar-refractivity contribution in [1.29, 1.82) is 0 Å². The number of rotatable bonds is 8. The Morgan fingerprint density at radius 1 is 1.05 bits per heavy atom. The summed E-state index contributed by atoms with van der Waals surface area (Å²) in [5.74, 6) is 2.90. The first-order valence-corrected chi connectivity index (χ1v) is 9.15. The summed E-state index contributed by atoms with van der Waals surface area (Å²) in [4.78, 5) is 0. The van der Waals surface area contributed by atoms with E-state index in [2.05, 4.69) is 19.2 Å². The van der Waals surface area contributed by atoms with E-state index < -0.39 is 0 Å². The van der Waals surface area contributed by atoms with Crippen LogP contribution in [0, 0.1) is 17.8 Å². The van der Waals surface area contributed by atoms with E-state index in [1.807, 2.05) is 0 Å². The Labute approximate surface area is 126 Å². The fourth-order valence-corrected chi connectivity index (χ4v) is 4.23. The quantitative estimate of drug-likeness (QED) is 0.712. The van der Waals surface area contributed by atoms with Crippen LogP contribution in [0.5, 0.6) is 0 Å². The maximum Gasteiger partial charge on any atom is 0.0576 e. The van der Waals surface area contributed by atoms with Gasteiger partial charge in [-0.15, -0.1) is 0 Å². The van der Waals surface area contributed by atoms with Crippen LogP contribution in [0.4, 0.5) is 0 Å². The van der Waals surface area contributed by atoms with Gasteiger partial charge in [-0.3, -0.25) is 0 Å². The molecule has 4 unspecified atom stereocenters. The van der Waals surface area contributed by atoms with Crippen LogP contribution in [-0.4, -0.2) is 25.8 Å². The first kappa shape index (κ1) is 16.3. The van der Waals surface area contributed by atoms with Crippen LogP contribution < -0.4 is 5.32 Å². The number of hydrogen-bond acceptors (Lipinski definition) is 2. The lowest BCUT2D eigenvalue weighted by Crippen LogP contribution is -2.33. The Balaban J connectivity index is 1.73. The van der Waals surface area contributed by atoms with Crippen LogP contribution in [0.1, 0.15) is 71.6 Å². The van der Waals surface area contributed by atoms with Gasteiger partial charge in [0.15, 0.2) is 0 Å². The van der Waals surface area contributed by atoms with E-state index in [1.54, 1.807) is 0 Å². The van der Waals surface area contributed by atoms with Crippen LogP contribution in [0.25, 0.3) is 0 Å². The second kappa shape index (κ2) is 9.04. The molecule has 1 aliphatic carbocycles. The SMILES string of the molecule is CCNCC1CCC(CC)CC1CCCC1CCCO1. The minimum Gasteiger partial charge on any atom is -0.378 e. The molecular weight excluding hydrogens is 246 g/mol. The molecule has 1 heterocycles.